The van der Waals surface area contributed by atoms with Crippen molar-refractivity contribution in [1.82, 2.24) is 5.32 Å². The van der Waals surface area contributed by atoms with E-state index in [1.807, 2.05) is 0 Å². The third-order valence-corrected chi connectivity index (χ3v) is 3.59. The summed E-state index contributed by atoms with van der Waals surface area (Å²) in [5, 5.41) is 2.78. The number of halogens is 1. The second kappa shape index (κ2) is 6.66. The van der Waals surface area contributed by atoms with E-state index in [2.05, 4.69) is 5.32 Å². The summed E-state index contributed by atoms with van der Waals surface area (Å²) in [5.74, 6) is 0.565. The van der Waals surface area contributed by atoms with Crippen LogP contribution in [-0.2, 0) is 4.74 Å². The molecule has 0 aromatic heterocycles. The van der Waals surface area contributed by atoms with Gasteiger partial charge in [-0.05, 0) is 35.9 Å². The molecule has 1 N–H and O–H groups in total. The third kappa shape index (κ3) is 3.43. The van der Waals surface area contributed by atoms with E-state index in [0.717, 1.165) is 0 Å². The lowest BCUT2D eigenvalue weighted by molar-refractivity contribution is 0.0827. The Bertz CT molecular complexity index is 719. The van der Waals surface area contributed by atoms with E-state index < -0.39 is 6.10 Å². The summed E-state index contributed by atoms with van der Waals surface area (Å²) in [4.78, 5) is 12.2. The molecule has 0 saturated heterocycles. The summed E-state index contributed by atoms with van der Waals surface area (Å²) >= 11 is 0. The van der Waals surface area contributed by atoms with Crippen LogP contribution in [0.1, 0.15) is 22.0 Å². The average Bonchev–Trinajstić information content (AvgIpc) is 3.03. The Morgan fingerprint density at radius 1 is 1.26 bits per heavy atom. The molecule has 0 unspecified atom stereocenters. The molecular weight excluding hydrogens is 301 g/mol. The monoisotopic (exact) mass is 317 g/mol. The molecule has 0 saturated carbocycles. The second-order valence-electron chi connectivity index (χ2n) is 5.06. The van der Waals surface area contributed by atoms with E-state index in [1.165, 1.54) is 19.2 Å². The van der Waals surface area contributed by atoms with E-state index in [0.29, 0.717) is 22.6 Å². The Morgan fingerprint density at radius 3 is 2.87 bits per heavy atom. The molecule has 0 radical (unpaired) electrons. The van der Waals surface area contributed by atoms with Crippen molar-refractivity contribution >= 4 is 5.91 Å². The van der Waals surface area contributed by atoms with Crippen molar-refractivity contribution in [2.75, 3.05) is 20.4 Å². The van der Waals surface area contributed by atoms with Gasteiger partial charge in [-0.3, -0.25) is 4.79 Å². The van der Waals surface area contributed by atoms with E-state index in [9.17, 15) is 9.18 Å². The number of hydrogen-bond donors (Lipinski definition) is 1. The highest BCUT2D eigenvalue weighted by molar-refractivity contribution is 5.94. The molecule has 0 spiro atoms. The molecule has 1 atom stereocenters. The number of amides is 1. The van der Waals surface area contributed by atoms with Gasteiger partial charge < -0.3 is 19.5 Å². The maximum absolute atomic E-state index is 13.3. The molecular formula is C17H16FNO4. The fourth-order valence-corrected chi connectivity index (χ4v) is 2.37. The summed E-state index contributed by atoms with van der Waals surface area (Å²) in [5.41, 5.74) is 1.13. The van der Waals surface area contributed by atoms with Crippen LogP contribution in [0.2, 0.25) is 0 Å². The molecule has 1 amide bonds. The van der Waals surface area contributed by atoms with Crippen LogP contribution in [0.15, 0.2) is 42.5 Å². The van der Waals surface area contributed by atoms with Crippen molar-refractivity contribution in [1.29, 1.82) is 0 Å². The van der Waals surface area contributed by atoms with Crippen LogP contribution < -0.4 is 14.8 Å². The standard InChI is InChI=1S/C17H16FNO4/c1-21-16(11-3-2-4-13(18)7-11)9-19-17(20)12-5-6-14-15(8-12)23-10-22-14/h2-8,16H,9-10H2,1H3,(H,19,20)/t16-/m1/s1. The SMILES string of the molecule is CO[C@H](CNC(=O)c1ccc2c(c1)OCO2)c1cccc(F)c1. The van der Waals surface area contributed by atoms with Crippen LogP contribution in [-0.4, -0.2) is 26.4 Å². The largest absolute Gasteiger partial charge is 0.454 e. The highest BCUT2D eigenvalue weighted by Crippen LogP contribution is 2.32. The smallest absolute Gasteiger partial charge is 0.251 e. The van der Waals surface area contributed by atoms with Crippen LogP contribution in [0.4, 0.5) is 4.39 Å². The zero-order valence-corrected chi connectivity index (χ0v) is 12.5. The molecule has 1 aliphatic rings. The zero-order chi connectivity index (χ0) is 16.2. The first kappa shape index (κ1) is 15.3. The zero-order valence-electron chi connectivity index (χ0n) is 12.5. The lowest BCUT2D eigenvalue weighted by Gasteiger charge is -2.16. The van der Waals surface area contributed by atoms with Gasteiger partial charge in [-0.15, -0.1) is 0 Å². The van der Waals surface area contributed by atoms with Gasteiger partial charge in [0.05, 0.1) is 6.10 Å². The van der Waals surface area contributed by atoms with E-state index >= 15 is 0 Å². The Labute approximate surface area is 133 Å². The molecule has 6 heteroatoms. The lowest BCUT2D eigenvalue weighted by atomic mass is 10.1. The lowest BCUT2D eigenvalue weighted by Crippen LogP contribution is -2.29. The predicted molar refractivity (Wildman–Crippen MR) is 81.0 cm³/mol. The summed E-state index contributed by atoms with van der Waals surface area (Å²) in [6.07, 6.45) is -0.427. The first-order chi connectivity index (χ1) is 11.2. The first-order valence-electron chi connectivity index (χ1n) is 7.13. The van der Waals surface area contributed by atoms with Crippen LogP contribution in [0.5, 0.6) is 11.5 Å². The molecule has 2 aromatic rings. The summed E-state index contributed by atoms with van der Waals surface area (Å²) in [6.45, 7) is 0.388. The minimum atomic E-state index is -0.427. The number of carbonyl (C=O) groups is 1. The number of fused-ring (bicyclic) bond motifs is 1. The summed E-state index contributed by atoms with van der Waals surface area (Å²) < 4.78 is 29.1. The number of ether oxygens (including phenoxy) is 3. The number of methoxy groups -OCH3 is 1. The highest BCUT2D eigenvalue weighted by Gasteiger charge is 2.17. The fourth-order valence-electron chi connectivity index (χ4n) is 2.37. The van der Waals surface area contributed by atoms with Gasteiger partial charge in [0.2, 0.25) is 6.79 Å². The first-order valence-corrected chi connectivity index (χ1v) is 7.13. The van der Waals surface area contributed by atoms with E-state index in [-0.39, 0.29) is 25.1 Å². The van der Waals surface area contributed by atoms with Crippen LogP contribution >= 0.6 is 0 Å². The Hall–Kier alpha value is -2.60. The minimum Gasteiger partial charge on any atom is -0.454 e. The van der Waals surface area contributed by atoms with Gasteiger partial charge in [-0.1, -0.05) is 12.1 Å². The van der Waals surface area contributed by atoms with E-state index in [1.54, 1.807) is 30.3 Å². The Kier molecular flexibility index (Phi) is 4.43. The predicted octanol–water partition coefficient (Wildman–Crippen LogP) is 2.67. The van der Waals surface area contributed by atoms with E-state index in [4.69, 9.17) is 14.2 Å². The number of nitrogens with one attached hydrogen (secondary N) is 1. The quantitative estimate of drug-likeness (QED) is 0.921. The van der Waals surface area contributed by atoms with Crippen molar-refractivity contribution in [3.63, 3.8) is 0 Å². The number of hydrogen-bond acceptors (Lipinski definition) is 4. The van der Waals surface area contributed by atoms with Crippen LogP contribution in [0.3, 0.4) is 0 Å². The maximum atomic E-state index is 13.3. The maximum Gasteiger partial charge on any atom is 0.251 e. The van der Waals surface area contributed by atoms with Crippen molar-refractivity contribution in [3.8, 4) is 11.5 Å². The summed E-state index contributed by atoms with van der Waals surface area (Å²) in [6, 6.07) is 11.1. The van der Waals surface area contributed by atoms with Gasteiger partial charge in [-0.2, -0.15) is 0 Å². The molecule has 2 aromatic carbocycles. The van der Waals surface area contributed by atoms with Crippen molar-refractivity contribution in [3.05, 3.63) is 59.4 Å². The Morgan fingerprint density at radius 2 is 2.09 bits per heavy atom. The van der Waals surface area contributed by atoms with Gasteiger partial charge in [0.1, 0.15) is 5.82 Å². The Balaban J connectivity index is 1.65. The average molecular weight is 317 g/mol. The van der Waals surface area contributed by atoms with Gasteiger partial charge in [-0.25, -0.2) is 4.39 Å². The minimum absolute atomic E-state index is 0.158. The molecule has 23 heavy (non-hydrogen) atoms. The molecule has 0 aliphatic carbocycles. The summed E-state index contributed by atoms with van der Waals surface area (Å²) in [7, 11) is 1.52. The number of carbonyl (C=O) groups excluding carboxylic acids is 1. The molecule has 1 aliphatic heterocycles. The molecule has 1 heterocycles. The molecule has 3 rings (SSSR count). The topological polar surface area (TPSA) is 56.8 Å². The third-order valence-electron chi connectivity index (χ3n) is 3.59. The van der Waals surface area contributed by atoms with Gasteiger partial charge >= 0.3 is 0 Å². The normalized spacial score (nSPS) is 13.7. The van der Waals surface area contributed by atoms with Crippen molar-refractivity contribution < 1.29 is 23.4 Å². The number of rotatable bonds is 5. The van der Waals surface area contributed by atoms with Gasteiger partial charge in [0.15, 0.2) is 11.5 Å². The number of benzene rings is 2. The molecule has 5 nitrogen and oxygen atoms in total. The second-order valence-corrected chi connectivity index (χ2v) is 5.06. The molecule has 0 fully saturated rings. The van der Waals surface area contributed by atoms with Gasteiger partial charge in [0.25, 0.3) is 5.91 Å². The molecule has 0 bridgehead atoms. The van der Waals surface area contributed by atoms with Crippen LogP contribution in [0, 0.1) is 5.82 Å². The van der Waals surface area contributed by atoms with Crippen LogP contribution in [0.25, 0.3) is 0 Å². The van der Waals surface area contributed by atoms with Crippen molar-refractivity contribution in [2.45, 2.75) is 6.10 Å². The fraction of sp³-hybridized carbons (Fsp3) is 0.235. The van der Waals surface area contributed by atoms with Gasteiger partial charge in [0, 0.05) is 19.2 Å². The van der Waals surface area contributed by atoms with Crippen molar-refractivity contribution in [2.24, 2.45) is 0 Å². The highest BCUT2D eigenvalue weighted by atomic mass is 19.1. The molecule has 120 valence electrons.